The third-order valence-corrected chi connectivity index (χ3v) is 6.20. The van der Waals surface area contributed by atoms with Crippen molar-refractivity contribution in [3.8, 4) is 16.2 Å². The molecule has 1 aliphatic heterocycles. The number of rotatable bonds is 2. The van der Waals surface area contributed by atoms with Gasteiger partial charge in [-0.2, -0.15) is 0 Å². The molecular formula is C21H17NO2S. The van der Waals surface area contributed by atoms with Crippen molar-refractivity contribution >= 4 is 17.2 Å². The van der Waals surface area contributed by atoms with E-state index in [0.717, 1.165) is 39.5 Å². The summed E-state index contributed by atoms with van der Waals surface area (Å²) >= 11 is 1.56. The van der Waals surface area contributed by atoms with Crippen LogP contribution in [0.4, 0.5) is 0 Å². The Labute approximate surface area is 150 Å². The van der Waals surface area contributed by atoms with Gasteiger partial charge in [-0.25, -0.2) is 0 Å². The molecule has 2 aromatic carbocycles. The van der Waals surface area contributed by atoms with E-state index in [2.05, 4.69) is 29.6 Å². The van der Waals surface area contributed by atoms with Crippen LogP contribution in [0.5, 0.6) is 5.75 Å². The molecule has 0 unspecified atom stereocenters. The van der Waals surface area contributed by atoms with Crippen LogP contribution in [0, 0.1) is 0 Å². The summed E-state index contributed by atoms with van der Waals surface area (Å²) in [4.78, 5) is 14.7. The van der Waals surface area contributed by atoms with Gasteiger partial charge in [0.2, 0.25) is 0 Å². The van der Waals surface area contributed by atoms with Crippen molar-refractivity contribution in [3.63, 3.8) is 0 Å². The van der Waals surface area contributed by atoms with E-state index in [4.69, 9.17) is 4.74 Å². The van der Waals surface area contributed by atoms with Gasteiger partial charge in [-0.3, -0.25) is 4.79 Å². The third-order valence-electron chi connectivity index (χ3n) is 4.99. The zero-order valence-electron chi connectivity index (χ0n) is 13.6. The van der Waals surface area contributed by atoms with Gasteiger partial charge in [0.05, 0.1) is 10.9 Å². The summed E-state index contributed by atoms with van der Waals surface area (Å²) in [5, 5.41) is 3.22. The zero-order valence-corrected chi connectivity index (χ0v) is 14.4. The van der Waals surface area contributed by atoms with Gasteiger partial charge < -0.3 is 10.1 Å². The highest BCUT2D eigenvalue weighted by molar-refractivity contribution is 7.17. The molecule has 2 heterocycles. The van der Waals surface area contributed by atoms with Gasteiger partial charge in [-0.05, 0) is 42.2 Å². The fourth-order valence-electron chi connectivity index (χ4n) is 3.75. The number of ether oxygens (including phenoxy) is 1. The largest absolute Gasteiger partial charge is 0.488 e. The number of hydrogen-bond donors (Lipinski definition) is 1. The normalized spacial score (nSPS) is 17.2. The van der Waals surface area contributed by atoms with E-state index in [1.54, 1.807) is 11.3 Å². The molecule has 5 rings (SSSR count). The molecule has 25 heavy (non-hydrogen) atoms. The zero-order chi connectivity index (χ0) is 16.8. The van der Waals surface area contributed by atoms with Gasteiger partial charge in [0.1, 0.15) is 12.4 Å². The molecule has 0 radical (unpaired) electrons. The predicted octanol–water partition coefficient (Wildman–Crippen LogP) is 4.72. The molecule has 2 aliphatic rings. The summed E-state index contributed by atoms with van der Waals surface area (Å²) in [6.07, 6.45) is 2.01. The van der Waals surface area contributed by atoms with E-state index >= 15 is 0 Å². The standard InChI is InChI=1S/C21H17NO2S/c23-21(22-17-10-9-13-5-1-2-6-15(13)17)19-11-14-12-24-18-8-4-3-7-16(18)20(14)25-19/h1-8,11,17H,9-10,12H2,(H,22,23)/t17-/m0/s1. The summed E-state index contributed by atoms with van der Waals surface area (Å²) in [6.45, 7) is 0.530. The highest BCUT2D eigenvalue weighted by atomic mass is 32.1. The van der Waals surface area contributed by atoms with Crippen LogP contribution in [0.15, 0.2) is 54.6 Å². The second-order valence-electron chi connectivity index (χ2n) is 6.51. The molecular weight excluding hydrogens is 330 g/mol. The second kappa shape index (κ2) is 5.74. The fourth-order valence-corrected chi connectivity index (χ4v) is 4.85. The first-order chi connectivity index (χ1) is 12.3. The Balaban J connectivity index is 1.42. The van der Waals surface area contributed by atoms with Crippen LogP contribution in [0.1, 0.15) is 38.8 Å². The van der Waals surface area contributed by atoms with E-state index in [0.29, 0.717) is 6.61 Å². The van der Waals surface area contributed by atoms with E-state index < -0.39 is 0 Å². The quantitative estimate of drug-likeness (QED) is 0.728. The van der Waals surface area contributed by atoms with Gasteiger partial charge in [-0.1, -0.05) is 36.4 Å². The van der Waals surface area contributed by atoms with E-state index in [1.165, 1.54) is 11.1 Å². The Bertz CT molecular complexity index is 976. The summed E-state index contributed by atoms with van der Waals surface area (Å²) in [5.74, 6) is 0.909. The number of carbonyl (C=O) groups is 1. The number of fused-ring (bicyclic) bond motifs is 4. The molecule has 1 amide bonds. The molecule has 0 saturated heterocycles. The van der Waals surface area contributed by atoms with E-state index in [9.17, 15) is 4.79 Å². The van der Waals surface area contributed by atoms with Gasteiger partial charge in [0.25, 0.3) is 5.91 Å². The number of thiophene rings is 1. The molecule has 3 aromatic rings. The van der Waals surface area contributed by atoms with Crippen molar-refractivity contribution < 1.29 is 9.53 Å². The molecule has 0 saturated carbocycles. The molecule has 0 fully saturated rings. The number of aryl methyl sites for hydroxylation is 1. The Morgan fingerprint density at radius 1 is 1.08 bits per heavy atom. The topological polar surface area (TPSA) is 38.3 Å². The average Bonchev–Trinajstić information content (AvgIpc) is 3.26. The van der Waals surface area contributed by atoms with Gasteiger partial charge >= 0.3 is 0 Å². The highest BCUT2D eigenvalue weighted by Gasteiger charge is 2.26. The summed E-state index contributed by atoms with van der Waals surface area (Å²) in [7, 11) is 0. The fraction of sp³-hybridized carbons (Fsp3) is 0.190. The first-order valence-corrected chi connectivity index (χ1v) is 9.35. The molecule has 4 heteroatoms. The lowest BCUT2D eigenvalue weighted by Gasteiger charge is -2.16. The lowest BCUT2D eigenvalue weighted by atomic mass is 10.1. The number of hydrogen-bond acceptors (Lipinski definition) is 3. The maximum atomic E-state index is 12.8. The van der Waals surface area contributed by atoms with Gasteiger partial charge in [0, 0.05) is 16.0 Å². The van der Waals surface area contributed by atoms with Crippen molar-refractivity contribution in [3.05, 3.63) is 76.2 Å². The van der Waals surface area contributed by atoms with Crippen LogP contribution in [0.3, 0.4) is 0 Å². The monoisotopic (exact) mass is 347 g/mol. The summed E-state index contributed by atoms with van der Waals surface area (Å²) in [6, 6.07) is 18.5. The molecule has 1 atom stereocenters. The summed E-state index contributed by atoms with van der Waals surface area (Å²) < 4.78 is 5.80. The molecule has 3 nitrogen and oxygen atoms in total. The minimum absolute atomic E-state index is 0.0126. The van der Waals surface area contributed by atoms with Crippen molar-refractivity contribution in [2.24, 2.45) is 0 Å². The number of benzene rings is 2. The minimum Gasteiger partial charge on any atom is -0.488 e. The SMILES string of the molecule is O=C(N[C@H]1CCc2ccccc21)c1cc2c(s1)-c1ccccc1OC2. The molecule has 1 aliphatic carbocycles. The molecule has 124 valence electrons. The van der Waals surface area contributed by atoms with E-state index in [-0.39, 0.29) is 11.9 Å². The Hall–Kier alpha value is -2.59. The lowest BCUT2D eigenvalue weighted by molar-refractivity contribution is 0.0940. The third kappa shape index (κ3) is 2.45. The van der Waals surface area contributed by atoms with Crippen LogP contribution in [-0.2, 0) is 13.0 Å². The lowest BCUT2D eigenvalue weighted by Crippen LogP contribution is -2.26. The van der Waals surface area contributed by atoms with E-state index in [1.807, 2.05) is 30.3 Å². The molecule has 1 N–H and O–H groups in total. The number of nitrogens with one attached hydrogen (secondary N) is 1. The number of carbonyl (C=O) groups excluding carboxylic acids is 1. The molecule has 0 bridgehead atoms. The predicted molar refractivity (Wildman–Crippen MR) is 99.1 cm³/mol. The van der Waals surface area contributed by atoms with Crippen LogP contribution >= 0.6 is 11.3 Å². The van der Waals surface area contributed by atoms with Gasteiger partial charge in [-0.15, -0.1) is 11.3 Å². The van der Waals surface area contributed by atoms with Crippen molar-refractivity contribution in [1.82, 2.24) is 5.32 Å². The number of amides is 1. The van der Waals surface area contributed by atoms with Crippen LogP contribution in [0.2, 0.25) is 0 Å². The first-order valence-electron chi connectivity index (χ1n) is 8.53. The smallest absolute Gasteiger partial charge is 0.261 e. The van der Waals surface area contributed by atoms with Crippen molar-refractivity contribution in [2.75, 3.05) is 0 Å². The van der Waals surface area contributed by atoms with Crippen LogP contribution in [0.25, 0.3) is 10.4 Å². The Kier molecular flexibility index (Phi) is 3.38. The Morgan fingerprint density at radius 2 is 1.92 bits per heavy atom. The van der Waals surface area contributed by atoms with Crippen molar-refractivity contribution in [1.29, 1.82) is 0 Å². The van der Waals surface area contributed by atoms with Crippen LogP contribution < -0.4 is 10.1 Å². The first kappa shape index (κ1) is 14.7. The van der Waals surface area contributed by atoms with Crippen molar-refractivity contribution in [2.45, 2.75) is 25.5 Å². The minimum atomic E-state index is 0.0126. The maximum absolute atomic E-state index is 12.8. The number of para-hydroxylation sites is 1. The Morgan fingerprint density at radius 3 is 2.88 bits per heavy atom. The maximum Gasteiger partial charge on any atom is 0.261 e. The van der Waals surface area contributed by atoms with Crippen LogP contribution in [-0.4, -0.2) is 5.91 Å². The van der Waals surface area contributed by atoms with Gasteiger partial charge in [0.15, 0.2) is 0 Å². The molecule has 0 spiro atoms. The average molecular weight is 347 g/mol. The molecule has 1 aromatic heterocycles. The summed E-state index contributed by atoms with van der Waals surface area (Å²) in [5.41, 5.74) is 4.78. The second-order valence-corrected chi connectivity index (χ2v) is 7.57. The highest BCUT2D eigenvalue weighted by Crippen LogP contribution is 2.42.